The summed E-state index contributed by atoms with van der Waals surface area (Å²) in [6, 6.07) is 9.68. The standard InChI is InChI=1S/C13H18N2O2/c14-11-6-8-15(10-11)13(16)7-9-17-12-4-2-1-3-5-12/h1-5,11H,6-10,14H2. The highest BCUT2D eigenvalue weighted by Gasteiger charge is 2.22. The van der Waals surface area contributed by atoms with Gasteiger partial charge in [-0.1, -0.05) is 18.2 Å². The van der Waals surface area contributed by atoms with Gasteiger partial charge in [0.15, 0.2) is 0 Å². The maximum absolute atomic E-state index is 11.8. The first-order valence-electron chi connectivity index (χ1n) is 5.97. The zero-order valence-electron chi connectivity index (χ0n) is 9.84. The van der Waals surface area contributed by atoms with E-state index >= 15 is 0 Å². The highest BCUT2D eigenvalue weighted by molar-refractivity contribution is 5.76. The lowest BCUT2D eigenvalue weighted by molar-refractivity contribution is -0.130. The molecule has 92 valence electrons. The van der Waals surface area contributed by atoms with E-state index in [2.05, 4.69) is 0 Å². The highest BCUT2D eigenvalue weighted by atomic mass is 16.5. The smallest absolute Gasteiger partial charge is 0.226 e. The van der Waals surface area contributed by atoms with E-state index in [0.29, 0.717) is 19.6 Å². The Labute approximate surface area is 101 Å². The summed E-state index contributed by atoms with van der Waals surface area (Å²) in [7, 11) is 0. The van der Waals surface area contributed by atoms with Crippen molar-refractivity contribution in [3.63, 3.8) is 0 Å². The number of amides is 1. The van der Waals surface area contributed by atoms with Gasteiger partial charge in [-0.05, 0) is 18.6 Å². The van der Waals surface area contributed by atoms with Crippen LogP contribution in [0.4, 0.5) is 0 Å². The van der Waals surface area contributed by atoms with Crippen molar-refractivity contribution in [3.8, 4) is 5.75 Å². The molecule has 1 saturated heterocycles. The van der Waals surface area contributed by atoms with E-state index in [4.69, 9.17) is 10.5 Å². The molecule has 1 aromatic carbocycles. The number of rotatable bonds is 4. The van der Waals surface area contributed by atoms with Crippen LogP contribution in [0.15, 0.2) is 30.3 Å². The SMILES string of the molecule is NC1CCN(C(=O)CCOc2ccccc2)C1. The number of hydrogen-bond donors (Lipinski definition) is 1. The molecular formula is C13H18N2O2. The van der Waals surface area contributed by atoms with Crippen molar-refractivity contribution in [1.29, 1.82) is 0 Å². The summed E-state index contributed by atoms with van der Waals surface area (Å²) in [5.41, 5.74) is 5.76. The molecule has 0 aliphatic carbocycles. The number of carbonyl (C=O) groups is 1. The Hall–Kier alpha value is -1.55. The van der Waals surface area contributed by atoms with Crippen molar-refractivity contribution >= 4 is 5.91 Å². The molecule has 1 aliphatic heterocycles. The van der Waals surface area contributed by atoms with Crippen LogP contribution >= 0.6 is 0 Å². The first kappa shape index (κ1) is 11.9. The Morgan fingerprint density at radius 2 is 2.18 bits per heavy atom. The second kappa shape index (κ2) is 5.68. The molecule has 17 heavy (non-hydrogen) atoms. The van der Waals surface area contributed by atoms with Crippen LogP contribution in [0.1, 0.15) is 12.8 Å². The molecule has 0 radical (unpaired) electrons. The number of carbonyl (C=O) groups excluding carboxylic acids is 1. The minimum atomic E-state index is 0.133. The van der Waals surface area contributed by atoms with Crippen molar-refractivity contribution in [2.75, 3.05) is 19.7 Å². The van der Waals surface area contributed by atoms with Gasteiger partial charge in [-0.25, -0.2) is 0 Å². The number of nitrogens with two attached hydrogens (primary N) is 1. The second-order valence-corrected chi connectivity index (χ2v) is 4.30. The van der Waals surface area contributed by atoms with E-state index in [1.165, 1.54) is 0 Å². The molecule has 0 saturated carbocycles. The van der Waals surface area contributed by atoms with Gasteiger partial charge in [-0.15, -0.1) is 0 Å². The van der Waals surface area contributed by atoms with Crippen molar-refractivity contribution < 1.29 is 9.53 Å². The van der Waals surface area contributed by atoms with Crippen LogP contribution < -0.4 is 10.5 Å². The summed E-state index contributed by atoms with van der Waals surface area (Å²) in [4.78, 5) is 13.6. The maximum atomic E-state index is 11.8. The van der Waals surface area contributed by atoms with Crippen LogP contribution in [0, 0.1) is 0 Å². The molecule has 4 heteroatoms. The van der Waals surface area contributed by atoms with Crippen LogP contribution in [-0.2, 0) is 4.79 Å². The molecule has 2 rings (SSSR count). The Balaban J connectivity index is 1.70. The summed E-state index contributed by atoms with van der Waals surface area (Å²) in [5.74, 6) is 0.937. The first-order chi connectivity index (χ1) is 8.25. The fraction of sp³-hybridized carbons (Fsp3) is 0.462. The van der Waals surface area contributed by atoms with Gasteiger partial charge in [-0.3, -0.25) is 4.79 Å². The molecular weight excluding hydrogens is 216 g/mol. The summed E-state index contributed by atoms with van der Waals surface area (Å²) in [6.45, 7) is 1.89. The molecule has 0 bridgehead atoms. The minimum Gasteiger partial charge on any atom is -0.493 e. The third kappa shape index (κ3) is 3.46. The van der Waals surface area contributed by atoms with Crippen LogP contribution in [-0.4, -0.2) is 36.5 Å². The molecule has 2 N–H and O–H groups in total. The Morgan fingerprint density at radius 3 is 2.82 bits per heavy atom. The number of para-hydroxylation sites is 1. The third-order valence-corrected chi connectivity index (χ3v) is 2.91. The lowest BCUT2D eigenvalue weighted by Crippen LogP contribution is -2.32. The molecule has 1 unspecified atom stereocenters. The summed E-state index contributed by atoms with van der Waals surface area (Å²) in [6.07, 6.45) is 1.33. The van der Waals surface area contributed by atoms with Gasteiger partial charge in [-0.2, -0.15) is 0 Å². The van der Waals surface area contributed by atoms with Crippen molar-refractivity contribution in [2.24, 2.45) is 5.73 Å². The Kier molecular flexibility index (Phi) is 3.98. The summed E-state index contributed by atoms with van der Waals surface area (Å²) >= 11 is 0. The van der Waals surface area contributed by atoms with Gasteiger partial charge >= 0.3 is 0 Å². The lowest BCUT2D eigenvalue weighted by Gasteiger charge is -2.15. The van der Waals surface area contributed by atoms with Gasteiger partial charge in [0.25, 0.3) is 0 Å². The molecule has 1 amide bonds. The molecule has 1 aromatic rings. The predicted octanol–water partition coefficient (Wildman–Crippen LogP) is 1.02. The summed E-state index contributed by atoms with van der Waals surface area (Å²) in [5, 5.41) is 0. The van der Waals surface area contributed by atoms with Crippen molar-refractivity contribution in [1.82, 2.24) is 4.90 Å². The van der Waals surface area contributed by atoms with Gasteiger partial charge in [0.05, 0.1) is 13.0 Å². The Morgan fingerprint density at radius 1 is 1.41 bits per heavy atom. The lowest BCUT2D eigenvalue weighted by atomic mass is 10.3. The number of benzene rings is 1. The number of ether oxygens (including phenoxy) is 1. The first-order valence-corrected chi connectivity index (χ1v) is 5.97. The summed E-state index contributed by atoms with van der Waals surface area (Å²) < 4.78 is 5.48. The molecule has 0 aromatic heterocycles. The van der Waals surface area contributed by atoms with E-state index in [0.717, 1.165) is 18.7 Å². The molecule has 4 nitrogen and oxygen atoms in total. The minimum absolute atomic E-state index is 0.133. The fourth-order valence-corrected chi connectivity index (χ4v) is 1.94. The van der Waals surface area contributed by atoms with Crippen molar-refractivity contribution in [2.45, 2.75) is 18.9 Å². The average molecular weight is 234 g/mol. The molecule has 1 heterocycles. The topological polar surface area (TPSA) is 55.6 Å². The van der Waals surface area contributed by atoms with Gasteiger partial charge in [0.1, 0.15) is 5.75 Å². The number of hydrogen-bond acceptors (Lipinski definition) is 3. The maximum Gasteiger partial charge on any atom is 0.226 e. The average Bonchev–Trinajstić information content (AvgIpc) is 2.77. The molecule has 1 atom stereocenters. The quantitative estimate of drug-likeness (QED) is 0.846. The largest absolute Gasteiger partial charge is 0.493 e. The Bertz CT molecular complexity index is 367. The van der Waals surface area contributed by atoms with Crippen LogP contribution in [0.25, 0.3) is 0 Å². The third-order valence-electron chi connectivity index (χ3n) is 2.91. The van der Waals surface area contributed by atoms with E-state index < -0.39 is 0 Å². The van der Waals surface area contributed by atoms with E-state index in [9.17, 15) is 4.79 Å². The van der Waals surface area contributed by atoms with Gasteiger partial charge in [0, 0.05) is 19.1 Å². The molecule has 0 spiro atoms. The van der Waals surface area contributed by atoms with E-state index in [1.54, 1.807) is 0 Å². The van der Waals surface area contributed by atoms with Gasteiger partial charge in [0.2, 0.25) is 5.91 Å². The monoisotopic (exact) mass is 234 g/mol. The van der Waals surface area contributed by atoms with E-state index in [-0.39, 0.29) is 11.9 Å². The zero-order chi connectivity index (χ0) is 12.1. The van der Waals surface area contributed by atoms with Crippen LogP contribution in [0.3, 0.4) is 0 Å². The van der Waals surface area contributed by atoms with E-state index in [1.807, 2.05) is 35.2 Å². The van der Waals surface area contributed by atoms with Crippen LogP contribution in [0.5, 0.6) is 5.75 Å². The highest BCUT2D eigenvalue weighted by Crippen LogP contribution is 2.11. The zero-order valence-corrected chi connectivity index (χ0v) is 9.84. The predicted molar refractivity (Wildman–Crippen MR) is 65.7 cm³/mol. The van der Waals surface area contributed by atoms with Crippen LogP contribution in [0.2, 0.25) is 0 Å². The van der Waals surface area contributed by atoms with Gasteiger partial charge < -0.3 is 15.4 Å². The second-order valence-electron chi connectivity index (χ2n) is 4.30. The number of nitrogens with zero attached hydrogens (tertiary/aromatic N) is 1. The molecule has 1 fully saturated rings. The van der Waals surface area contributed by atoms with Crippen molar-refractivity contribution in [3.05, 3.63) is 30.3 Å². The fourth-order valence-electron chi connectivity index (χ4n) is 1.94. The number of likely N-dealkylation sites (tertiary alicyclic amines) is 1. The molecule has 1 aliphatic rings. The normalized spacial score (nSPS) is 19.4.